The van der Waals surface area contributed by atoms with Crippen molar-refractivity contribution in [3.8, 4) is 0 Å². The molecule has 0 aromatic heterocycles. The normalized spacial score (nSPS) is 24.6. The molecule has 2 bridgehead atoms. The second-order valence-corrected chi connectivity index (χ2v) is 8.55. The number of hydrogen-bond acceptors (Lipinski definition) is 7. The minimum Gasteiger partial charge on any atom is -0.454 e. The van der Waals surface area contributed by atoms with Gasteiger partial charge in [0.2, 0.25) is 11.8 Å². The Labute approximate surface area is 195 Å². The molecule has 5 rings (SSSR count). The van der Waals surface area contributed by atoms with E-state index >= 15 is 0 Å². The molecule has 4 atom stereocenters. The van der Waals surface area contributed by atoms with Gasteiger partial charge in [0.05, 0.1) is 23.2 Å². The summed E-state index contributed by atoms with van der Waals surface area (Å²) in [5.74, 6) is -2.56. The third-order valence-corrected chi connectivity index (χ3v) is 6.40. The molecule has 2 fully saturated rings. The number of likely N-dealkylation sites (tertiary alicyclic amines) is 1. The standard InChI is InChI=1S/C25H22N4O5/c30-20(26-17-8-10-19(11-9-17)28-27-18-4-2-1-3-5-18)14-34-21(31)13-29-24(32)22-15-6-7-16(12-15)23(22)25(29)33/h1-11,15-16,22-23H,12-14H2,(H,26,30). The van der Waals surface area contributed by atoms with Crippen LogP contribution in [-0.2, 0) is 23.9 Å². The first-order chi connectivity index (χ1) is 16.5. The fraction of sp³-hybridized carbons (Fsp3) is 0.280. The summed E-state index contributed by atoms with van der Waals surface area (Å²) in [7, 11) is 0. The van der Waals surface area contributed by atoms with Gasteiger partial charge in [0.25, 0.3) is 5.91 Å². The van der Waals surface area contributed by atoms with Gasteiger partial charge in [0, 0.05) is 5.69 Å². The van der Waals surface area contributed by atoms with E-state index in [1.165, 1.54) is 0 Å². The van der Waals surface area contributed by atoms with E-state index in [1.807, 2.05) is 42.5 Å². The van der Waals surface area contributed by atoms with E-state index in [1.54, 1.807) is 24.3 Å². The fourth-order valence-electron chi connectivity index (χ4n) is 4.86. The Morgan fingerprint density at radius 2 is 1.47 bits per heavy atom. The van der Waals surface area contributed by atoms with E-state index in [0.29, 0.717) is 11.4 Å². The number of carbonyl (C=O) groups excluding carboxylic acids is 4. The number of nitrogens with one attached hydrogen (secondary N) is 1. The maximum atomic E-state index is 12.6. The number of allylic oxidation sites excluding steroid dienone is 2. The molecule has 9 heteroatoms. The quantitative estimate of drug-likeness (QED) is 0.295. The molecule has 2 aromatic rings. The van der Waals surface area contributed by atoms with Gasteiger partial charge < -0.3 is 10.1 Å². The van der Waals surface area contributed by atoms with Crippen LogP contribution in [0, 0.1) is 23.7 Å². The van der Waals surface area contributed by atoms with Gasteiger partial charge in [-0.15, -0.1) is 0 Å². The molecule has 1 saturated carbocycles. The van der Waals surface area contributed by atoms with Gasteiger partial charge in [-0.05, 0) is 54.7 Å². The number of ether oxygens (including phenoxy) is 1. The number of esters is 1. The van der Waals surface area contributed by atoms with Gasteiger partial charge in [0.1, 0.15) is 6.54 Å². The molecular formula is C25H22N4O5. The van der Waals surface area contributed by atoms with E-state index in [9.17, 15) is 19.2 Å². The highest BCUT2D eigenvalue weighted by Crippen LogP contribution is 2.52. The maximum absolute atomic E-state index is 12.6. The molecule has 2 aliphatic carbocycles. The molecule has 1 heterocycles. The van der Waals surface area contributed by atoms with Crippen molar-refractivity contribution >= 4 is 40.8 Å². The monoisotopic (exact) mass is 458 g/mol. The molecule has 9 nitrogen and oxygen atoms in total. The lowest BCUT2D eigenvalue weighted by atomic mass is 9.85. The summed E-state index contributed by atoms with van der Waals surface area (Å²) in [6, 6.07) is 16.0. The Bertz CT molecular complexity index is 1160. The smallest absolute Gasteiger partial charge is 0.326 e. The number of amides is 3. The number of carbonyl (C=O) groups is 4. The first-order valence-corrected chi connectivity index (χ1v) is 11.1. The molecule has 2 aromatic carbocycles. The summed E-state index contributed by atoms with van der Waals surface area (Å²) in [5, 5.41) is 10.9. The van der Waals surface area contributed by atoms with Crippen LogP contribution in [0.2, 0.25) is 0 Å². The number of hydrogen-bond donors (Lipinski definition) is 1. The maximum Gasteiger partial charge on any atom is 0.326 e. The molecule has 172 valence electrons. The second kappa shape index (κ2) is 9.01. The number of fused-ring (bicyclic) bond motifs is 5. The van der Waals surface area contributed by atoms with Crippen LogP contribution in [0.1, 0.15) is 6.42 Å². The van der Waals surface area contributed by atoms with Crippen LogP contribution in [0.25, 0.3) is 0 Å². The molecule has 34 heavy (non-hydrogen) atoms. The average molecular weight is 458 g/mol. The lowest BCUT2D eigenvalue weighted by Crippen LogP contribution is -2.38. The zero-order valence-corrected chi connectivity index (χ0v) is 18.2. The lowest BCUT2D eigenvalue weighted by Gasteiger charge is -2.16. The number of nitrogens with zero attached hydrogens (tertiary/aromatic N) is 3. The van der Waals surface area contributed by atoms with Crippen LogP contribution in [0.4, 0.5) is 17.1 Å². The van der Waals surface area contributed by atoms with Gasteiger partial charge >= 0.3 is 5.97 Å². The predicted octanol–water partition coefficient (Wildman–Crippen LogP) is 3.39. The first-order valence-electron chi connectivity index (χ1n) is 11.1. The van der Waals surface area contributed by atoms with Crippen molar-refractivity contribution in [3.63, 3.8) is 0 Å². The summed E-state index contributed by atoms with van der Waals surface area (Å²) >= 11 is 0. The molecule has 1 saturated heterocycles. The summed E-state index contributed by atoms with van der Waals surface area (Å²) in [6.07, 6.45) is 4.80. The third-order valence-electron chi connectivity index (χ3n) is 6.40. The van der Waals surface area contributed by atoms with Gasteiger partial charge in [-0.1, -0.05) is 30.4 Å². The Morgan fingerprint density at radius 1 is 0.882 bits per heavy atom. The van der Waals surface area contributed by atoms with Crippen LogP contribution in [0.15, 0.2) is 77.0 Å². The molecule has 0 radical (unpaired) electrons. The van der Waals surface area contributed by atoms with Crippen LogP contribution >= 0.6 is 0 Å². The van der Waals surface area contributed by atoms with E-state index in [2.05, 4.69) is 15.5 Å². The molecule has 4 unspecified atom stereocenters. The van der Waals surface area contributed by atoms with Crippen molar-refractivity contribution < 1.29 is 23.9 Å². The molecule has 3 amide bonds. The predicted molar refractivity (Wildman–Crippen MR) is 121 cm³/mol. The highest BCUT2D eigenvalue weighted by Gasteiger charge is 2.59. The second-order valence-electron chi connectivity index (χ2n) is 8.55. The molecule has 1 N–H and O–H groups in total. The van der Waals surface area contributed by atoms with Crippen molar-refractivity contribution in [1.29, 1.82) is 0 Å². The Morgan fingerprint density at radius 3 is 2.09 bits per heavy atom. The van der Waals surface area contributed by atoms with Crippen molar-refractivity contribution in [2.75, 3.05) is 18.5 Å². The van der Waals surface area contributed by atoms with Crippen molar-refractivity contribution in [3.05, 3.63) is 66.7 Å². The van der Waals surface area contributed by atoms with E-state index < -0.39 is 25.0 Å². The average Bonchev–Trinajstić information content (AvgIpc) is 3.53. The van der Waals surface area contributed by atoms with Crippen molar-refractivity contribution in [2.24, 2.45) is 33.9 Å². The number of imide groups is 1. The van der Waals surface area contributed by atoms with E-state index in [-0.39, 0.29) is 35.5 Å². The topological polar surface area (TPSA) is 118 Å². The fourth-order valence-corrected chi connectivity index (χ4v) is 4.86. The lowest BCUT2D eigenvalue weighted by molar-refractivity contribution is -0.154. The number of benzene rings is 2. The van der Waals surface area contributed by atoms with E-state index in [0.717, 1.165) is 17.0 Å². The third kappa shape index (κ3) is 4.24. The van der Waals surface area contributed by atoms with Crippen LogP contribution in [0.5, 0.6) is 0 Å². The number of anilines is 1. The SMILES string of the molecule is O=C(COC(=O)CN1C(=O)C2C3C=CC(C3)C2C1=O)Nc1ccc(N=Nc2ccccc2)cc1. The zero-order chi connectivity index (χ0) is 23.7. The highest BCUT2D eigenvalue weighted by atomic mass is 16.5. The van der Waals surface area contributed by atoms with Crippen LogP contribution in [-0.4, -0.2) is 41.7 Å². The number of rotatable bonds is 7. The minimum atomic E-state index is -0.797. The largest absolute Gasteiger partial charge is 0.454 e. The molecule has 0 spiro atoms. The molecular weight excluding hydrogens is 436 g/mol. The summed E-state index contributed by atoms with van der Waals surface area (Å²) in [5.41, 5.74) is 1.84. The summed E-state index contributed by atoms with van der Waals surface area (Å²) in [6.45, 7) is -0.997. The van der Waals surface area contributed by atoms with Gasteiger partial charge in [0.15, 0.2) is 6.61 Å². The van der Waals surface area contributed by atoms with Crippen LogP contribution in [0.3, 0.4) is 0 Å². The van der Waals surface area contributed by atoms with Gasteiger partial charge in [-0.25, -0.2) is 0 Å². The highest BCUT2D eigenvalue weighted by molar-refractivity contribution is 6.08. The van der Waals surface area contributed by atoms with Crippen molar-refractivity contribution in [1.82, 2.24) is 4.90 Å². The number of azo groups is 1. The van der Waals surface area contributed by atoms with E-state index in [4.69, 9.17) is 4.74 Å². The Kier molecular flexibility index (Phi) is 5.75. The van der Waals surface area contributed by atoms with Gasteiger partial charge in [-0.2, -0.15) is 10.2 Å². The summed E-state index contributed by atoms with van der Waals surface area (Å²) < 4.78 is 4.99. The Balaban J connectivity index is 1.08. The summed E-state index contributed by atoms with van der Waals surface area (Å²) in [4.78, 5) is 50.6. The zero-order valence-electron chi connectivity index (χ0n) is 18.2. The van der Waals surface area contributed by atoms with Crippen molar-refractivity contribution in [2.45, 2.75) is 6.42 Å². The Hall–Kier alpha value is -4.14. The van der Waals surface area contributed by atoms with Gasteiger partial charge in [-0.3, -0.25) is 24.1 Å². The molecule has 3 aliphatic rings. The van der Waals surface area contributed by atoms with Crippen LogP contribution < -0.4 is 5.32 Å². The minimum absolute atomic E-state index is 0.0736. The molecule has 1 aliphatic heterocycles. The first kappa shape index (κ1) is 21.7.